The minimum atomic E-state index is -1.26. The van der Waals surface area contributed by atoms with E-state index in [0.29, 0.717) is 24.5 Å². The first-order chi connectivity index (χ1) is 23.1. The molecular weight excluding hydrogens is 630 g/mol. The molecule has 1 saturated heterocycles. The van der Waals surface area contributed by atoms with Crippen LogP contribution in [0.4, 0.5) is 0 Å². The molecule has 3 aromatic rings. The highest BCUT2D eigenvalue weighted by atomic mass is 35.5. The molecule has 9 nitrogen and oxygen atoms in total. The second-order valence-electron chi connectivity index (χ2n) is 11.8. The summed E-state index contributed by atoms with van der Waals surface area (Å²) in [5.41, 5.74) is 3.19. The predicted molar refractivity (Wildman–Crippen MR) is 191 cm³/mol. The van der Waals surface area contributed by atoms with Crippen molar-refractivity contribution in [3.8, 4) is 5.75 Å². The molecule has 48 heavy (non-hydrogen) atoms. The van der Waals surface area contributed by atoms with Gasteiger partial charge in [-0.15, -0.1) is 0 Å². The van der Waals surface area contributed by atoms with Crippen molar-refractivity contribution in [1.29, 1.82) is 0 Å². The summed E-state index contributed by atoms with van der Waals surface area (Å²) in [5.74, 6) is -1.10. The van der Waals surface area contributed by atoms with E-state index >= 15 is 0 Å². The van der Waals surface area contributed by atoms with Gasteiger partial charge < -0.3 is 24.7 Å². The number of Topliss-reactive ketones (excluding diaryl/α,β-unsaturated/α-hetero) is 1. The van der Waals surface area contributed by atoms with Gasteiger partial charge in [-0.1, -0.05) is 49.6 Å². The van der Waals surface area contributed by atoms with Gasteiger partial charge in [-0.25, -0.2) is 9.59 Å². The molecule has 10 heteroatoms. The molecule has 1 unspecified atom stereocenters. The van der Waals surface area contributed by atoms with Crippen LogP contribution in [0.1, 0.15) is 79.4 Å². The lowest BCUT2D eigenvalue weighted by Gasteiger charge is -2.25. The number of carboxylic acids is 2. The molecule has 1 aliphatic heterocycles. The molecule has 2 aromatic carbocycles. The topological polar surface area (TPSA) is 120 Å². The van der Waals surface area contributed by atoms with Gasteiger partial charge in [-0.2, -0.15) is 0 Å². The Balaban J connectivity index is 0.000000274. The Morgan fingerprint density at radius 3 is 2.12 bits per heavy atom. The quantitative estimate of drug-likeness (QED) is 0.0958. The molecule has 0 bridgehead atoms. The highest BCUT2D eigenvalue weighted by Gasteiger charge is 2.16. The number of halogens is 1. The molecule has 2 N–H and O–H groups in total. The highest BCUT2D eigenvalue weighted by molar-refractivity contribution is 6.30. The Bertz CT molecular complexity index is 1360. The first-order valence-corrected chi connectivity index (χ1v) is 16.9. The zero-order valence-electron chi connectivity index (χ0n) is 28.4. The maximum absolute atomic E-state index is 12.2. The fourth-order valence-corrected chi connectivity index (χ4v) is 5.08. The van der Waals surface area contributed by atoms with Gasteiger partial charge in [-0.3, -0.25) is 9.78 Å². The summed E-state index contributed by atoms with van der Waals surface area (Å²) in [6.07, 6.45) is 10.7. The van der Waals surface area contributed by atoms with Gasteiger partial charge in [0, 0.05) is 53.5 Å². The lowest BCUT2D eigenvalue weighted by molar-refractivity contribution is -0.134. The second kappa shape index (κ2) is 23.3. The number of ether oxygens (including phenoxy) is 1. The largest absolute Gasteiger partial charge is 0.494 e. The number of carbonyl (C=O) groups is 3. The van der Waals surface area contributed by atoms with Crippen LogP contribution < -0.4 is 4.74 Å². The van der Waals surface area contributed by atoms with Crippen LogP contribution >= 0.6 is 11.6 Å². The van der Waals surface area contributed by atoms with Crippen molar-refractivity contribution >= 4 is 29.3 Å². The lowest BCUT2D eigenvalue weighted by atomic mass is 9.92. The molecule has 0 spiro atoms. The Hall–Kier alpha value is -4.05. The molecule has 1 aliphatic rings. The van der Waals surface area contributed by atoms with Gasteiger partial charge in [0.2, 0.25) is 0 Å². The zero-order chi connectivity index (χ0) is 35.1. The van der Waals surface area contributed by atoms with Crippen LogP contribution in [0.5, 0.6) is 5.75 Å². The summed E-state index contributed by atoms with van der Waals surface area (Å²) in [6, 6.07) is 21.8. The molecule has 2 heterocycles. The van der Waals surface area contributed by atoms with Crippen molar-refractivity contribution in [3.63, 3.8) is 0 Å². The third-order valence-corrected chi connectivity index (χ3v) is 7.85. The van der Waals surface area contributed by atoms with Crippen LogP contribution in [0, 0.1) is 0 Å². The minimum Gasteiger partial charge on any atom is -0.494 e. The van der Waals surface area contributed by atoms with Crippen molar-refractivity contribution in [2.75, 3.05) is 46.9 Å². The normalized spacial score (nSPS) is 13.5. The van der Waals surface area contributed by atoms with Crippen molar-refractivity contribution in [1.82, 2.24) is 14.8 Å². The third kappa shape index (κ3) is 17.2. The number of pyridine rings is 1. The molecule has 1 aromatic heterocycles. The standard InChI is InChI=1S/C18H27NO2.C16H19ClN2.C4H4O4/c1-2-3-15-21-17-9-7-16(8-10-17)18(20)11-14-19-12-5-4-6-13-19;1-19(2)12-10-15(16-5-3-4-11-18-16)13-6-8-14(17)9-7-13;5-3(6)1-2-4(7)8/h7-10H,2-6,11-15H2,1H3;3-9,11,15H,10,12H2,1-2H3;1-2H,(H,5,6)(H,7,8)/b;;2-1-. The van der Waals surface area contributed by atoms with Crippen LogP contribution in [0.25, 0.3) is 0 Å². The van der Waals surface area contributed by atoms with Crippen molar-refractivity contribution in [2.45, 2.75) is 57.8 Å². The number of carbonyl (C=O) groups excluding carboxylic acids is 1. The van der Waals surface area contributed by atoms with Crippen molar-refractivity contribution in [3.05, 3.63) is 107 Å². The fraction of sp³-hybridized carbons (Fsp3) is 0.421. The maximum atomic E-state index is 12.2. The summed E-state index contributed by atoms with van der Waals surface area (Å²) < 4.78 is 5.62. The highest BCUT2D eigenvalue weighted by Crippen LogP contribution is 2.27. The van der Waals surface area contributed by atoms with E-state index in [0.717, 1.165) is 74.1 Å². The Kier molecular flexibility index (Phi) is 19.5. The zero-order valence-corrected chi connectivity index (χ0v) is 29.1. The molecule has 1 atom stereocenters. The van der Waals surface area contributed by atoms with E-state index in [4.69, 9.17) is 26.6 Å². The van der Waals surface area contributed by atoms with Crippen molar-refractivity contribution in [2.24, 2.45) is 0 Å². The number of carboxylic acid groups (broad SMARTS) is 2. The van der Waals surface area contributed by atoms with Gasteiger partial charge >= 0.3 is 11.9 Å². The summed E-state index contributed by atoms with van der Waals surface area (Å²) in [5, 5.41) is 16.4. The van der Waals surface area contributed by atoms with E-state index in [2.05, 4.69) is 54.0 Å². The molecule has 4 rings (SSSR count). The molecule has 1 fully saturated rings. The SMILES string of the molecule is CCCCOc1ccc(C(=O)CCN2CCCCC2)cc1.CN(C)CCC(c1ccc(Cl)cc1)c1ccccn1.O=C(O)/C=C\C(=O)O. The number of rotatable bonds is 15. The van der Waals surface area contributed by atoms with Crippen LogP contribution in [0.2, 0.25) is 5.02 Å². The summed E-state index contributed by atoms with van der Waals surface area (Å²) in [7, 11) is 4.19. The van der Waals surface area contributed by atoms with Gasteiger partial charge in [0.1, 0.15) is 5.75 Å². The first kappa shape index (κ1) is 40.1. The number of nitrogens with zero attached hydrogens (tertiary/aromatic N) is 3. The molecule has 0 aliphatic carbocycles. The number of piperidine rings is 1. The van der Waals surface area contributed by atoms with Crippen LogP contribution in [-0.4, -0.2) is 89.6 Å². The molecule has 0 radical (unpaired) electrons. The lowest BCUT2D eigenvalue weighted by Crippen LogP contribution is -2.31. The van der Waals surface area contributed by atoms with E-state index in [1.54, 1.807) is 0 Å². The monoisotopic (exact) mass is 679 g/mol. The maximum Gasteiger partial charge on any atom is 0.328 e. The number of aromatic nitrogens is 1. The number of likely N-dealkylation sites (tertiary alicyclic amines) is 1. The molecular formula is C38H50ClN3O6. The van der Waals surface area contributed by atoms with Crippen LogP contribution in [0.3, 0.4) is 0 Å². The summed E-state index contributed by atoms with van der Waals surface area (Å²) in [6.45, 7) is 7.12. The van der Waals surface area contributed by atoms with Crippen molar-refractivity contribution < 1.29 is 29.3 Å². The third-order valence-electron chi connectivity index (χ3n) is 7.60. The van der Waals surface area contributed by atoms with E-state index in [1.807, 2.05) is 54.7 Å². The van der Waals surface area contributed by atoms with Gasteiger partial charge in [0.15, 0.2) is 5.78 Å². The van der Waals surface area contributed by atoms with Gasteiger partial charge in [-0.05, 0) is 114 Å². The molecule has 0 amide bonds. The average molecular weight is 680 g/mol. The summed E-state index contributed by atoms with van der Waals surface area (Å²) in [4.78, 5) is 40.4. The number of hydrogen-bond donors (Lipinski definition) is 2. The Labute approximate surface area is 290 Å². The number of ketones is 1. The van der Waals surface area contributed by atoms with E-state index in [9.17, 15) is 14.4 Å². The average Bonchev–Trinajstić information content (AvgIpc) is 3.09. The van der Waals surface area contributed by atoms with Gasteiger partial charge in [0.25, 0.3) is 0 Å². The molecule has 260 valence electrons. The first-order valence-electron chi connectivity index (χ1n) is 16.5. The second-order valence-corrected chi connectivity index (χ2v) is 12.2. The number of unbranched alkanes of at least 4 members (excludes halogenated alkanes) is 1. The fourth-order valence-electron chi connectivity index (χ4n) is 4.95. The molecule has 0 saturated carbocycles. The predicted octanol–water partition coefficient (Wildman–Crippen LogP) is 7.45. The number of benzene rings is 2. The minimum absolute atomic E-state index is 0.237. The Morgan fingerprint density at radius 1 is 0.938 bits per heavy atom. The van der Waals surface area contributed by atoms with Crippen LogP contribution in [0.15, 0.2) is 85.1 Å². The van der Waals surface area contributed by atoms with E-state index < -0.39 is 11.9 Å². The summed E-state index contributed by atoms with van der Waals surface area (Å²) >= 11 is 5.97. The smallest absolute Gasteiger partial charge is 0.328 e. The van der Waals surface area contributed by atoms with E-state index in [-0.39, 0.29) is 5.78 Å². The van der Waals surface area contributed by atoms with E-state index in [1.165, 1.54) is 24.8 Å². The van der Waals surface area contributed by atoms with Gasteiger partial charge in [0.05, 0.1) is 6.61 Å². The van der Waals surface area contributed by atoms with Crippen LogP contribution in [-0.2, 0) is 9.59 Å². The number of hydrogen-bond acceptors (Lipinski definition) is 7. The Morgan fingerprint density at radius 2 is 1.58 bits per heavy atom. The number of aliphatic carboxylic acids is 2.